The summed E-state index contributed by atoms with van der Waals surface area (Å²) >= 11 is 3.91. The molecule has 0 unspecified atom stereocenters. The maximum atomic E-state index is 3.52. The minimum Gasteiger partial charge on any atom is -0.126 e. The van der Waals surface area contributed by atoms with Gasteiger partial charge in [-0.3, -0.25) is 0 Å². The van der Waals surface area contributed by atoms with Crippen molar-refractivity contribution in [2.24, 2.45) is 0 Å². The number of hydrogen-bond donors (Lipinski definition) is 0. The zero-order valence-electron chi connectivity index (χ0n) is 11.4. The standard InChI is InChI=1S/C18H16S2/c1-15-7-9-16(10-8-15)11-12-18(19-13-14-20-18)17-5-3-2-4-6-17/h2-10H,13-14H2,1H3. The van der Waals surface area contributed by atoms with Gasteiger partial charge >= 0.3 is 0 Å². The first kappa shape index (κ1) is 13.7. The Morgan fingerprint density at radius 1 is 0.900 bits per heavy atom. The predicted molar refractivity (Wildman–Crippen MR) is 91.1 cm³/mol. The molecule has 0 spiro atoms. The van der Waals surface area contributed by atoms with Crippen molar-refractivity contribution in [1.29, 1.82) is 0 Å². The molecular formula is C18H16S2. The summed E-state index contributed by atoms with van der Waals surface area (Å²) in [7, 11) is 0. The van der Waals surface area contributed by atoms with E-state index < -0.39 is 0 Å². The molecule has 0 N–H and O–H groups in total. The third-order valence-corrected chi connectivity index (χ3v) is 6.54. The van der Waals surface area contributed by atoms with Gasteiger partial charge < -0.3 is 0 Å². The van der Waals surface area contributed by atoms with Crippen molar-refractivity contribution in [1.82, 2.24) is 0 Å². The normalized spacial score (nSPS) is 16.4. The largest absolute Gasteiger partial charge is 0.148 e. The van der Waals surface area contributed by atoms with Crippen LogP contribution < -0.4 is 0 Å². The summed E-state index contributed by atoms with van der Waals surface area (Å²) in [5.74, 6) is 9.22. The van der Waals surface area contributed by atoms with Crippen molar-refractivity contribution in [3.05, 3.63) is 71.3 Å². The second-order valence-electron chi connectivity index (χ2n) is 4.80. The van der Waals surface area contributed by atoms with E-state index >= 15 is 0 Å². The van der Waals surface area contributed by atoms with E-state index in [4.69, 9.17) is 0 Å². The van der Waals surface area contributed by atoms with Crippen molar-refractivity contribution in [3.63, 3.8) is 0 Å². The molecule has 0 radical (unpaired) electrons. The molecule has 0 amide bonds. The molecule has 2 heteroatoms. The van der Waals surface area contributed by atoms with Crippen molar-refractivity contribution in [3.8, 4) is 11.8 Å². The van der Waals surface area contributed by atoms with Gasteiger partial charge in [-0.25, -0.2) is 0 Å². The van der Waals surface area contributed by atoms with Crippen LogP contribution in [0.25, 0.3) is 0 Å². The summed E-state index contributed by atoms with van der Waals surface area (Å²) < 4.78 is -0.0911. The third kappa shape index (κ3) is 2.90. The molecule has 20 heavy (non-hydrogen) atoms. The topological polar surface area (TPSA) is 0 Å². The van der Waals surface area contributed by atoms with Gasteiger partial charge in [0.2, 0.25) is 0 Å². The molecule has 0 saturated carbocycles. The molecule has 2 aromatic rings. The van der Waals surface area contributed by atoms with Crippen molar-refractivity contribution < 1.29 is 0 Å². The molecule has 0 atom stereocenters. The fourth-order valence-corrected chi connectivity index (χ4v) is 5.10. The lowest BCUT2D eigenvalue weighted by molar-refractivity contribution is 1.20. The van der Waals surface area contributed by atoms with E-state index in [1.807, 2.05) is 23.5 Å². The maximum absolute atomic E-state index is 3.52. The first-order valence-electron chi connectivity index (χ1n) is 6.72. The summed E-state index contributed by atoms with van der Waals surface area (Å²) in [5.41, 5.74) is 3.68. The molecule has 0 aliphatic carbocycles. The van der Waals surface area contributed by atoms with Gasteiger partial charge in [0.05, 0.1) is 0 Å². The Bertz CT molecular complexity index is 627. The lowest BCUT2D eigenvalue weighted by Gasteiger charge is -2.21. The second kappa shape index (κ2) is 5.99. The van der Waals surface area contributed by atoms with Crippen molar-refractivity contribution >= 4 is 23.5 Å². The Labute approximate surface area is 129 Å². The summed E-state index contributed by atoms with van der Waals surface area (Å²) in [5, 5.41) is 0. The lowest BCUT2D eigenvalue weighted by atomic mass is 10.1. The van der Waals surface area contributed by atoms with Gasteiger partial charge in [-0.1, -0.05) is 59.9 Å². The lowest BCUT2D eigenvalue weighted by Crippen LogP contribution is -2.11. The van der Waals surface area contributed by atoms with Crippen LogP contribution in [0.5, 0.6) is 0 Å². The highest BCUT2D eigenvalue weighted by molar-refractivity contribution is 8.20. The highest BCUT2D eigenvalue weighted by atomic mass is 32.2. The van der Waals surface area contributed by atoms with Crippen LogP contribution in [0.4, 0.5) is 0 Å². The Kier molecular flexibility index (Phi) is 4.10. The number of hydrogen-bond acceptors (Lipinski definition) is 2. The Hall–Kier alpha value is -1.30. The molecule has 0 bridgehead atoms. The van der Waals surface area contributed by atoms with Crippen LogP contribution >= 0.6 is 23.5 Å². The summed E-state index contributed by atoms with van der Waals surface area (Å²) in [6.45, 7) is 2.10. The minimum absolute atomic E-state index is 0.0911. The van der Waals surface area contributed by atoms with Gasteiger partial charge in [-0.05, 0) is 24.6 Å². The van der Waals surface area contributed by atoms with Crippen LogP contribution in [0.15, 0.2) is 54.6 Å². The number of thioether (sulfide) groups is 2. The quantitative estimate of drug-likeness (QED) is 0.701. The van der Waals surface area contributed by atoms with Crippen molar-refractivity contribution in [2.75, 3.05) is 11.5 Å². The van der Waals surface area contributed by atoms with Gasteiger partial charge in [0.25, 0.3) is 0 Å². The smallest absolute Gasteiger partial charge is 0.126 e. The molecule has 1 heterocycles. The monoisotopic (exact) mass is 296 g/mol. The predicted octanol–water partition coefficient (Wildman–Crippen LogP) is 4.68. The van der Waals surface area contributed by atoms with Gasteiger partial charge in [0, 0.05) is 17.1 Å². The Morgan fingerprint density at radius 2 is 1.55 bits per heavy atom. The van der Waals surface area contributed by atoms with E-state index in [2.05, 4.69) is 73.4 Å². The van der Waals surface area contributed by atoms with Crippen LogP contribution in [0.1, 0.15) is 16.7 Å². The first-order chi connectivity index (χ1) is 9.78. The van der Waals surface area contributed by atoms with Crippen LogP contribution in [0.2, 0.25) is 0 Å². The highest BCUT2D eigenvalue weighted by Crippen LogP contribution is 2.51. The summed E-state index contributed by atoms with van der Waals surface area (Å²) in [6, 6.07) is 19.1. The van der Waals surface area contributed by atoms with E-state index in [-0.39, 0.29) is 4.08 Å². The third-order valence-electron chi connectivity index (χ3n) is 3.27. The molecule has 1 saturated heterocycles. The highest BCUT2D eigenvalue weighted by Gasteiger charge is 2.35. The first-order valence-corrected chi connectivity index (χ1v) is 8.69. The van der Waals surface area contributed by atoms with Gasteiger partial charge in [0.1, 0.15) is 4.08 Å². The molecule has 3 rings (SSSR count). The average molecular weight is 296 g/mol. The van der Waals surface area contributed by atoms with Gasteiger partial charge in [-0.15, -0.1) is 23.5 Å². The molecule has 2 aromatic carbocycles. The molecule has 0 nitrogen and oxygen atoms in total. The fourth-order valence-electron chi connectivity index (χ4n) is 2.17. The fraction of sp³-hybridized carbons (Fsp3) is 0.222. The van der Waals surface area contributed by atoms with Gasteiger partial charge in [-0.2, -0.15) is 0 Å². The van der Waals surface area contributed by atoms with Crippen LogP contribution in [-0.4, -0.2) is 11.5 Å². The second-order valence-corrected chi connectivity index (χ2v) is 7.67. The van der Waals surface area contributed by atoms with Crippen molar-refractivity contribution in [2.45, 2.75) is 11.0 Å². The van der Waals surface area contributed by atoms with E-state index in [0.717, 1.165) is 5.56 Å². The van der Waals surface area contributed by atoms with Crippen LogP contribution in [0.3, 0.4) is 0 Å². The SMILES string of the molecule is Cc1ccc(C#CC2(c3ccccc3)SCCS2)cc1. The zero-order chi connectivity index (χ0) is 13.8. The Balaban J connectivity index is 1.95. The molecule has 1 aliphatic rings. The number of rotatable bonds is 1. The number of aryl methyl sites for hydroxylation is 1. The molecule has 1 aliphatic heterocycles. The van der Waals surface area contributed by atoms with E-state index in [1.54, 1.807) is 0 Å². The molecule has 1 fully saturated rings. The Morgan fingerprint density at radius 3 is 2.20 bits per heavy atom. The van der Waals surface area contributed by atoms with E-state index in [0.29, 0.717) is 0 Å². The van der Waals surface area contributed by atoms with E-state index in [1.165, 1.54) is 22.6 Å². The maximum Gasteiger partial charge on any atom is 0.148 e. The van der Waals surface area contributed by atoms with Crippen LogP contribution in [-0.2, 0) is 4.08 Å². The molecule has 100 valence electrons. The molecular weight excluding hydrogens is 280 g/mol. The molecule has 0 aromatic heterocycles. The number of benzene rings is 2. The van der Waals surface area contributed by atoms with E-state index in [9.17, 15) is 0 Å². The summed E-state index contributed by atoms with van der Waals surface area (Å²) in [4.78, 5) is 0. The summed E-state index contributed by atoms with van der Waals surface area (Å²) in [6.07, 6.45) is 0. The zero-order valence-corrected chi connectivity index (χ0v) is 13.1. The van der Waals surface area contributed by atoms with Gasteiger partial charge in [0.15, 0.2) is 0 Å². The van der Waals surface area contributed by atoms with Crippen LogP contribution in [0, 0.1) is 18.8 Å². The average Bonchev–Trinajstić information content (AvgIpc) is 2.98. The minimum atomic E-state index is -0.0911.